The summed E-state index contributed by atoms with van der Waals surface area (Å²) in [5.74, 6) is -1.48. The number of para-hydroxylation sites is 1. The van der Waals surface area contributed by atoms with Crippen LogP contribution < -0.4 is 4.90 Å². The van der Waals surface area contributed by atoms with Crippen LogP contribution in [0, 0.1) is 0 Å². The number of aliphatic hydroxyl groups excluding tert-OH is 1. The van der Waals surface area contributed by atoms with Crippen molar-refractivity contribution < 1.29 is 14.7 Å². The van der Waals surface area contributed by atoms with Gasteiger partial charge in [0.1, 0.15) is 0 Å². The number of amides is 1. The molecule has 0 saturated heterocycles. The Morgan fingerprint density at radius 3 is 2.52 bits per heavy atom. The van der Waals surface area contributed by atoms with Crippen LogP contribution in [0.1, 0.15) is 21.3 Å². The molecule has 1 unspecified atom stereocenters. The number of ketones is 1. The Kier molecular flexibility index (Phi) is 4.68. The molecule has 2 aromatic carbocycles. The summed E-state index contributed by atoms with van der Waals surface area (Å²) >= 11 is 7.32. The fraction of sp³-hybridized carbons (Fsp3) is 0.0833. The summed E-state index contributed by atoms with van der Waals surface area (Å²) in [6, 6.07) is 17.3. The van der Waals surface area contributed by atoms with Gasteiger partial charge in [-0.05, 0) is 41.8 Å². The molecule has 7 heteroatoms. The number of nitrogens with zero attached hydrogens (tertiary/aromatic N) is 2. The lowest BCUT2D eigenvalue weighted by Gasteiger charge is -2.26. The molecule has 5 rings (SSSR count). The van der Waals surface area contributed by atoms with Gasteiger partial charge in [0.15, 0.2) is 5.76 Å². The SMILES string of the molecule is Cn1cc(C2C(C(=O)c3cccs3)=C(O)C(=O)N2c2ccc(Cl)cc2)c2ccccc21. The Morgan fingerprint density at radius 1 is 1.06 bits per heavy atom. The highest BCUT2D eigenvalue weighted by molar-refractivity contribution is 7.12. The van der Waals surface area contributed by atoms with Crippen LogP contribution in [0.25, 0.3) is 10.9 Å². The molecular formula is C24H17ClN2O3S. The lowest BCUT2D eigenvalue weighted by atomic mass is 9.95. The Morgan fingerprint density at radius 2 is 1.81 bits per heavy atom. The lowest BCUT2D eigenvalue weighted by Crippen LogP contribution is -2.30. The van der Waals surface area contributed by atoms with E-state index in [1.807, 2.05) is 42.1 Å². The number of aromatic nitrogens is 1. The number of anilines is 1. The van der Waals surface area contributed by atoms with Gasteiger partial charge in [0.05, 0.1) is 16.5 Å². The van der Waals surface area contributed by atoms with Crippen molar-refractivity contribution in [3.8, 4) is 0 Å². The van der Waals surface area contributed by atoms with Crippen LogP contribution in [0.15, 0.2) is 83.6 Å². The fourth-order valence-corrected chi connectivity index (χ4v) is 4.93. The van der Waals surface area contributed by atoms with E-state index >= 15 is 0 Å². The third-order valence-electron chi connectivity index (χ3n) is 5.52. The maximum absolute atomic E-state index is 13.4. The van der Waals surface area contributed by atoms with E-state index in [1.54, 1.807) is 41.8 Å². The molecule has 1 aliphatic heterocycles. The third-order valence-corrected chi connectivity index (χ3v) is 6.65. The largest absolute Gasteiger partial charge is 0.503 e. The van der Waals surface area contributed by atoms with Crippen molar-refractivity contribution in [2.24, 2.45) is 7.05 Å². The molecule has 5 nitrogen and oxygen atoms in total. The number of benzene rings is 2. The smallest absolute Gasteiger partial charge is 0.294 e. The van der Waals surface area contributed by atoms with Crippen molar-refractivity contribution in [1.82, 2.24) is 4.57 Å². The number of hydrogen-bond acceptors (Lipinski definition) is 4. The quantitative estimate of drug-likeness (QED) is 0.409. The van der Waals surface area contributed by atoms with Crippen LogP contribution in [0.2, 0.25) is 5.02 Å². The number of halogens is 1. The van der Waals surface area contributed by atoms with Crippen molar-refractivity contribution in [1.29, 1.82) is 0 Å². The summed E-state index contributed by atoms with van der Waals surface area (Å²) in [6.07, 6.45) is 1.91. The van der Waals surface area contributed by atoms with Gasteiger partial charge < -0.3 is 9.67 Å². The van der Waals surface area contributed by atoms with Gasteiger partial charge in [0, 0.05) is 40.4 Å². The molecule has 154 valence electrons. The van der Waals surface area contributed by atoms with Gasteiger partial charge in [0.25, 0.3) is 5.91 Å². The first-order chi connectivity index (χ1) is 15.0. The molecule has 0 bridgehead atoms. The molecule has 0 saturated carbocycles. The normalized spacial score (nSPS) is 16.5. The van der Waals surface area contributed by atoms with Crippen molar-refractivity contribution in [2.75, 3.05) is 4.90 Å². The Bertz CT molecular complexity index is 1350. The van der Waals surface area contributed by atoms with Gasteiger partial charge in [-0.1, -0.05) is 35.9 Å². The number of hydrogen-bond donors (Lipinski definition) is 1. The summed E-state index contributed by atoms with van der Waals surface area (Å²) in [4.78, 5) is 28.6. The van der Waals surface area contributed by atoms with E-state index in [0.717, 1.165) is 16.5 Å². The second-order valence-corrected chi connectivity index (χ2v) is 8.72. The minimum Gasteiger partial charge on any atom is -0.503 e. The molecule has 4 aromatic rings. The highest BCUT2D eigenvalue weighted by atomic mass is 35.5. The van der Waals surface area contributed by atoms with Gasteiger partial charge >= 0.3 is 0 Å². The molecule has 0 fully saturated rings. The molecule has 1 atom stereocenters. The third kappa shape index (κ3) is 3.07. The summed E-state index contributed by atoms with van der Waals surface area (Å²) in [6.45, 7) is 0. The van der Waals surface area contributed by atoms with Crippen LogP contribution in [-0.2, 0) is 11.8 Å². The summed E-state index contributed by atoms with van der Waals surface area (Å²) < 4.78 is 1.96. The molecule has 1 aliphatic rings. The molecule has 0 radical (unpaired) electrons. The average molecular weight is 449 g/mol. The van der Waals surface area contributed by atoms with E-state index in [1.165, 1.54) is 16.2 Å². The molecular weight excluding hydrogens is 432 g/mol. The molecule has 2 aromatic heterocycles. The monoisotopic (exact) mass is 448 g/mol. The van der Waals surface area contributed by atoms with E-state index < -0.39 is 17.7 Å². The maximum Gasteiger partial charge on any atom is 0.294 e. The Labute approximate surface area is 187 Å². The maximum atomic E-state index is 13.4. The van der Waals surface area contributed by atoms with Crippen molar-refractivity contribution >= 4 is 51.2 Å². The molecule has 1 amide bonds. The zero-order valence-electron chi connectivity index (χ0n) is 16.4. The van der Waals surface area contributed by atoms with E-state index in [-0.39, 0.29) is 11.4 Å². The van der Waals surface area contributed by atoms with E-state index in [0.29, 0.717) is 15.6 Å². The number of thiophene rings is 1. The van der Waals surface area contributed by atoms with Crippen LogP contribution in [0.5, 0.6) is 0 Å². The van der Waals surface area contributed by atoms with Crippen LogP contribution in [0.4, 0.5) is 5.69 Å². The first-order valence-electron chi connectivity index (χ1n) is 9.62. The molecule has 31 heavy (non-hydrogen) atoms. The summed E-state index contributed by atoms with van der Waals surface area (Å²) in [7, 11) is 1.92. The molecule has 0 spiro atoms. The fourth-order valence-electron chi connectivity index (χ4n) is 4.13. The number of carbonyl (C=O) groups is 2. The van der Waals surface area contributed by atoms with Crippen molar-refractivity contribution in [3.05, 3.63) is 99.0 Å². The van der Waals surface area contributed by atoms with Crippen LogP contribution in [-0.4, -0.2) is 21.4 Å². The zero-order valence-corrected chi connectivity index (χ0v) is 18.0. The molecule has 0 aliphatic carbocycles. The number of carbonyl (C=O) groups excluding carboxylic acids is 2. The van der Waals surface area contributed by atoms with Gasteiger partial charge in [-0.3, -0.25) is 14.5 Å². The predicted molar refractivity (Wildman–Crippen MR) is 123 cm³/mol. The topological polar surface area (TPSA) is 62.5 Å². The van der Waals surface area contributed by atoms with Crippen LogP contribution in [0.3, 0.4) is 0 Å². The Balaban J connectivity index is 1.76. The van der Waals surface area contributed by atoms with E-state index in [9.17, 15) is 14.7 Å². The number of Topliss-reactive ketones (excluding diaryl/α,β-unsaturated/α-hetero) is 1. The lowest BCUT2D eigenvalue weighted by molar-refractivity contribution is -0.117. The van der Waals surface area contributed by atoms with E-state index in [2.05, 4.69) is 0 Å². The highest BCUT2D eigenvalue weighted by Crippen LogP contribution is 2.44. The first kappa shape index (κ1) is 19.6. The van der Waals surface area contributed by atoms with Gasteiger partial charge in [-0.25, -0.2) is 0 Å². The summed E-state index contributed by atoms with van der Waals surface area (Å²) in [5.41, 5.74) is 2.37. The first-order valence-corrected chi connectivity index (χ1v) is 10.9. The number of rotatable bonds is 4. The highest BCUT2D eigenvalue weighted by Gasteiger charge is 2.45. The zero-order chi connectivity index (χ0) is 21.7. The minimum atomic E-state index is -0.769. The number of aliphatic hydroxyl groups is 1. The molecule has 1 N–H and O–H groups in total. The minimum absolute atomic E-state index is 0.0822. The predicted octanol–water partition coefficient (Wildman–Crippen LogP) is 5.68. The number of fused-ring (bicyclic) bond motifs is 1. The van der Waals surface area contributed by atoms with Gasteiger partial charge in [-0.2, -0.15) is 0 Å². The second-order valence-electron chi connectivity index (χ2n) is 7.34. The number of aryl methyl sites for hydroxylation is 1. The average Bonchev–Trinajstić information content (AvgIpc) is 3.48. The summed E-state index contributed by atoms with van der Waals surface area (Å²) in [5, 5.41) is 14.1. The van der Waals surface area contributed by atoms with Crippen LogP contribution >= 0.6 is 22.9 Å². The van der Waals surface area contributed by atoms with Crippen molar-refractivity contribution in [3.63, 3.8) is 0 Å². The van der Waals surface area contributed by atoms with Crippen molar-refractivity contribution in [2.45, 2.75) is 6.04 Å². The van der Waals surface area contributed by atoms with Gasteiger partial charge in [0.2, 0.25) is 5.78 Å². The van der Waals surface area contributed by atoms with E-state index in [4.69, 9.17) is 11.6 Å². The second kappa shape index (κ2) is 7.41. The van der Waals surface area contributed by atoms with Gasteiger partial charge in [-0.15, -0.1) is 11.3 Å². The standard InChI is InChI=1S/C24H17ClN2O3S/c1-26-13-17(16-5-2-3-6-18(16)26)21-20(22(28)19-7-4-12-31-19)23(29)24(30)27(21)15-10-8-14(25)9-11-15/h2-13,21,29H,1H3. The Hall–Kier alpha value is -3.35. The molecule has 3 heterocycles.